The third-order valence-corrected chi connectivity index (χ3v) is 4.11. The van der Waals surface area contributed by atoms with Gasteiger partial charge >= 0.3 is 0 Å². The van der Waals surface area contributed by atoms with Gasteiger partial charge in [-0.1, -0.05) is 13.8 Å². The molecule has 1 aromatic rings. The summed E-state index contributed by atoms with van der Waals surface area (Å²) in [5.41, 5.74) is 0.519. The van der Waals surface area contributed by atoms with E-state index in [1.54, 1.807) is 11.8 Å². The van der Waals surface area contributed by atoms with Gasteiger partial charge in [0, 0.05) is 6.04 Å². The van der Waals surface area contributed by atoms with Gasteiger partial charge in [0.25, 0.3) is 0 Å². The lowest BCUT2D eigenvalue weighted by molar-refractivity contribution is 0.358. The van der Waals surface area contributed by atoms with E-state index < -0.39 is 0 Å². The fourth-order valence-corrected chi connectivity index (χ4v) is 3.03. The van der Waals surface area contributed by atoms with Crippen LogP contribution < -0.4 is 5.32 Å². The van der Waals surface area contributed by atoms with E-state index in [4.69, 9.17) is 4.42 Å². The van der Waals surface area contributed by atoms with E-state index in [-0.39, 0.29) is 0 Å². The molecule has 2 nitrogen and oxygen atoms in total. The fraction of sp³-hybridized carbons (Fsp3) is 0.714. The predicted molar refractivity (Wildman–Crippen MR) is 74.2 cm³/mol. The van der Waals surface area contributed by atoms with Gasteiger partial charge in [-0.3, -0.25) is 0 Å². The zero-order valence-electron chi connectivity index (χ0n) is 11.1. The maximum atomic E-state index is 5.75. The standard InChI is InChI=1S/C14H23NOS/c1-14(2)7-6-11(8-14)15-9-12-4-5-13(16-12)10-17-3/h4-5,11,15H,6-10H2,1-3H3. The van der Waals surface area contributed by atoms with Crippen molar-refractivity contribution < 1.29 is 4.42 Å². The molecule has 1 aliphatic rings. The summed E-state index contributed by atoms with van der Waals surface area (Å²) in [7, 11) is 0. The number of furan rings is 1. The van der Waals surface area contributed by atoms with Crippen molar-refractivity contribution in [2.45, 2.75) is 51.4 Å². The molecule has 96 valence electrons. The number of hydrogen-bond donors (Lipinski definition) is 1. The van der Waals surface area contributed by atoms with Crippen LogP contribution in [0.3, 0.4) is 0 Å². The fourth-order valence-electron chi connectivity index (χ4n) is 2.59. The van der Waals surface area contributed by atoms with Crippen LogP contribution in [0.5, 0.6) is 0 Å². The summed E-state index contributed by atoms with van der Waals surface area (Å²) < 4.78 is 5.75. The van der Waals surface area contributed by atoms with Crippen molar-refractivity contribution in [1.29, 1.82) is 0 Å². The number of hydrogen-bond acceptors (Lipinski definition) is 3. The van der Waals surface area contributed by atoms with Gasteiger partial charge in [-0.25, -0.2) is 0 Å². The molecule has 0 saturated heterocycles. The summed E-state index contributed by atoms with van der Waals surface area (Å²) in [6, 6.07) is 4.85. The topological polar surface area (TPSA) is 25.2 Å². The number of thioether (sulfide) groups is 1. The van der Waals surface area contributed by atoms with Crippen LogP contribution in [-0.4, -0.2) is 12.3 Å². The maximum Gasteiger partial charge on any atom is 0.118 e. The van der Waals surface area contributed by atoms with Gasteiger partial charge in [0.2, 0.25) is 0 Å². The van der Waals surface area contributed by atoms with Gasteiger partial charge < -0.3 is 9.73 Å². The SMILES string of the molecule is CSCc1ccc(CNC2CCC(C)(C)C2)o1. The number of nitrogens with one attached hydrogen (secondary N) is 1. The molecule has 17 heavy (non-hydrogen) atoms. The van der Waals surface area contributed by atoms with Gasteiger partial charge in [0.05, 0.1) is 12.3 Å². The normalized spacial score (nSPS) is 23.1. The molecule has 1 unspecified atom stereocenters. The van der Waals surface area contributed by atoms with Crippen LogP contribution >= 0.6 is 11.8 Å². The number of rotatable bonds is 5. The molecule has 1 N–H and O–H groups in total. The second-order valence-corrected chi connectivity index (χ2v) is 6.65. The second-order valence-electron chi connectivity index (χ2n) is 5.79. The van der Waals surface area contributed by atoms with Crippen molar-refractivity contribution in [2.24, 2.45) is 5.41 Å². The Bertz CT molecular complexity index is 359. The van der Waals surface area contributed by atoms with Crippen LogP contribution in [0, 0.1) is 5.41 Å². The van der Waals surface area contributed by atoms with E-state index in [1.807, 2.05) is 0 Å². The summed E-state index contributed by atoms with van der Waals surface area (Å²) in [5.74, 6) is 3.12. The first kappa shape index (κ1) is 13.0. The van der Waals surface area contributed by atoms with Gasteiger partial charge in [-0.2, -0.15) is 11.8 Å². The Kier molecular flexibility index (Phi) is 4.21. The molecule has 1 aliphatic carbocycles. The van der Waals surface area contributed by atoms with Crippen LogP contribution in [0.1, 0.15) is 44.6 Å². The largest absolute Gasteiger partial charge is 0.464 e. The molecule has 3 heteroatoms. The Morgan fingerprint density at radius 2 is 2.18 bits per heavy atom. The molecule has 0 aromatic carbocycles. The molecule has 1 heterocycles. The van der Waals surface area contributed by atoms with E-state index in [1.165, 1.54) is 19.3 Å². The second kappa shape index (κ2) is 5.49. The summed E-state index contributed by atoms with van der Waals surface area (Å²) in [4.78, 5) is 0. The highest BCUT2D eigenvalue weighted by atomic mass is 32.2. The van der Waals surface area contributed by atoms with Gasteiger partial charge in [0.15, 0.2) is 0 Å². The van der Waals surface area contributed by atoms with Gasteiger partial charge in [0.1, 0.15) is 11.5 Å². The van der Waals surface area contributed by atoms with Crippen LogP contribution in [-0.2, 0) is 12.3 Å². The van der Waals surface area contributed by atoms with Gasteiger partial charge in [-0.15, -0.1) is 0 Å². The van der Waals surface area contributed by atoms with E-state index in [0.29, 0.717) is 11.5 Å². The lowest BCUT2D eigenvalue weighted by Crippen LogP contribution is -2.26. The third-order valence-electron chi connectivity index (χ3n) is 3.54. The van der Waals surface area contributed by atoms with Crippen LogP contribution in [0.25, 0.3) is 0 Å². The molecule has 0 bridgehead atoms. The highest BCUT2D eigenvalue weighted by Crippen LogP contribution is 2.36. The Balaban J connectivity index is 1.78. The van der Waals surface area contributed by atoms with Crippen molar-refractivity contribution in [3.8, 4) is 0 Å². The average molecular weight is 253 g/mol. The van der Waals surface area contributed by atoms with Crippen molar-refractivity contribution in [3.63, 3.8) is 0 Å². The van der Waals surface area contributed by atoms with Crippen LogP contribution in [0.4, 0.5) is 0 Å². The van der Waals surface area contributed by atoms with Crippen molar-refractivity contribution in [2.75, 3.05) is 6.26 Å². The summed E-state index contributed by atoms with van der Waals surface area (Å²) in [5, 5.41) is 3.61. The zero-order chi connectivity index (χ0) is 12.3. The maximum absolute atomic E-state index is 5.75. The lowest BCUT2D eigenvalue weighted by atomic mass is 9.92. The molecule has 1 fully saturated rings. The average Bonchev–Trinajstić information content (AvgIpc) is 2.83. The van der Waals surface area contributed by atoms with Crippen molar-refractivity contribution >= 4 is 11.8 Å². The van der Waals surface area contributed by atoms with E-state index in [9.17, 15) is 0 Å². The highest BCUT2D eigenvalue weighted by Gasteiger charge is 2.30. The van der Waals surface area contributed by atoms with Crippen LogP contribution in [0.2, 0.25) is 0 Å². The molecule has 1 aromatic heterocycles. The molecular weight excluding hydrogens is 230 g/mol. The summed E-state index contributed by atoms with van der Waals surface area (Å²) in [6.07, 6.45) is 6.01. The molecule has 0 spiro atoms. The molecule has 0 amide bonds. The minimum Gasteiger partial charge on any atom is -0.464 e. The quantitative estimate of drug-likeness (QED) is 0.864. The zero-order valence-corrected chi connectivity index (χ0v) is 11.9. The first-order chi connectivity index (χ1) is 8.09. The molecule has 0 aliphatic heterocycles. The first-order valence-corrected chi connectivity index (χ1v) is 7.78. The van der Waals surface area contributed by atoms with E-state index in [2.05, 4.69) is 37.6 Å². The monoisotopic (exact) mass is 253 g/mol. The predicted octanol–water partition coefficient (Wildman–Crippen LogP) is 3.81. The van der Waals surface area contributed by atoms with Gasteiger partial charge in [-0.05, 0) is 43.1 Å². The first-order valence-electron chi connectivity index (χ1n) is 6.39. The minimum absolute atomic E-state index is 0.519. The van der Waals surface area contributed by atoms with Crippen molar-refractivity contribution in [1.82, 2.24) is 5.32 Å². The van der Waals surface area contributed by atoms with Crippen molar-refractivity contribution in [3.05, 3.63) is 23.7 Å². The summed E-state index contributed by atoms with van der Waals surface area (Å²) in [6.45, 7) is 5.59. The van der Waals surface area contributed by atoms with E-state index >= 15 is 0 Å². The Hall–Kier alpha value is -0.410. The summed E-state index contributed by atoms with van der Waals surface area (Å²) >= 11 is 1.80. The smallest absolute Gasteiger partial charge is 0.118 e. The molecule has 2 rings (SSSR count). The highest BCUT2D eigenvalue weighted by molar-refractivity contribution is 7.97. The molecule has 0 radical (unpaired) electrons. The Morgan fingerprint density at radius 3 is 2.82 bits per heavy atom. The van der Waals surface area contributed by atoms with E-state index in [0.717, 1.165) is 23.8 Å². The minimum atomic E-state index is 0.519. The Labute approximate surface area is 109 Å². The molecular formula is C14H23NOS. The van der Waals surface area contributed by atoms with Crippen LogP contribution in [0.15, 0.2) is 16.5 Å². The molecule has 1 saturated carbocycles. The molecule has 1 atom stereocenters. The lowest BCUT2D eigenvalue weighted by Gasteiger charge is -2.17. The Morgan fingerprint density at radius 1 is 1.41 bits per heavy atom. The third kappa shape index (κ3) is 3.78.